The van der Waals surface area contributed by atoms with Gasteiger partial charge in [0.05, 0.1) is 22.5 Å². The van der Waals surface area contributed by atoms with Crippen LogP contribution in [0.25, 0.3) is 0 Å². The summed E-state index contributed by atoms with van der Waals surface area (Å²) in [5, 5.41) is 19.3. The van der Waals surface area contributed by atoms with Crippen molar-refractivity contribution in [1.82, 2.24) is 0 Å². The van der Waals surface area contributed by atoms with Crippen molar-refractivity contribution in [3.8, 4) is 34.5 Å². The predicted octanol–water partition coefficient (Wildman–Crippen LogP) is 7.16. The summed E-state index contributed by atoms with van der Waals surface area (Å²) < 4.78 is 142. The van der Waals surface area contributed by atoms with Gasteiger partial charge in [0.2, 0.25) is 0 Å². The number of alkyl halides is 10. The fourth-order valence-corrected chi connectivity index (χ4v) is 3.03. The average molecular weight is 560 g/mol. The number of benzene rings is 3. The molecule has 6 N–H and O–H groups in total. The Bertz CT molecular complexity index is 1260. The highest BCUT2D eigenvalue weighted by Crippen LogP contribution is 2.51. The van der Waals surface area contributed by atoms with Crippen LogP contribution in [-0.4, -0.2) is 22.6 Å². The fourth-order valence-electron chi connectivity index (χ4n) is 3.03. The molecule has 0 aromatic heterocycles. The van der Waals surface area contributed by atoms with E-state index in [1.54, 1.807) is 0 Å². The molecule has 0 aliphatic rings. The third-order valence-electron chi connectivity index (χ3n) is 4.89. The zero-order valence-electron chi connectivity index (χ0n) is 18.3. The molecule has 0 saturated carbocycles. The second-order valence-corrected chi connectivity index (χ2v) is 7.64. The lowest BCUT2D eigenvalue weighted by atomic mass is 10.0. The summed E-state index contributed by atoms with van der Waals surface area (Å²) >= 11 is 0. The standard InChI is InChI=1S/C22H14F10N2O4/c23-19(24,21(27,28)29)13-5-11(7-15(33)17(13)35)37-9-2-1-3-10(4-9)38-12-6-14(18(36)16(34)8-12)20(25,26)22(30,31)32/h1-8,35-36H,33-34H2. The quantitative estimate of drug-likeness (QED) is 0.145. The first-order valence-electron chi connectivity index (χ1n) is 9.86. The molecule has 0 radical (unpaired) electrons. The molecule has 3 rings (SSSR count). The molecule has 0 atom stereocenters. The smallest absolute Gasteiger partial charge is 0.458 e. The number of ether oxygens (including phenoxy) is 2. The van der Waals surface area contributed by atoms with E-state index in [0.717, 1.165) is 30.3 Å². The molecule has 0 bridgehead atoms. The lowest BCUT2D eigenvalue weighted by Crippen LogP contribution is -2.33. The summed E-state index contributed by atoms with van der Waals surface area (Å²) in [5.41, 5.74) is 5.09. The van der Waals surface area contributed by atoms with Gasteiger partial charge in [-0.1, -0.05) is 6.07 Å². The SMILES string of the molecule is Nc1cc(Oc2cccc(Oc3cc(N)c(O)c(C(F)(F)C(F)(F)F)c3)c2)cc(C(F)(F)C(F)(F)F)c1O. The second-order valence-electron chi connectivity index (χ2n) is 7.64. The Morgan fingerprint density at radius 2 is 0.868 bits per heavy atom. The molecule has 0 amide bonds. The number of hydrogen-bond donors (Lipinski definition) is 4. The number of phenolic OH excluding ortho intramolecular Hbond substituents is 2. The van der Waals surface area contributed by atoms with Gasteiger partial charge >= 0.3 is 24.2 Å². The van der Waals surface area contributed by atoms with Gasteiger partial charge in [0.25, 0.3) is 0 Å². The van der Waals surface area contributed by atoms with Crippen molar-refractivity contribution in [2.45, 2.75) is 24.2 Å². The van der Waals surface area contributed by atoms with E-state index in [0.29, 0.717) is 0 Å². The molecule has 3 aromatic carbocycles. The highest BCUT2D eigenvalue weighted by atomic mass is 19.4. The molecule has 0 fully saturated rings. The van der Waals surface area contributed by atoms with E-state index in [2.05, 4.69) is 0 Å². The first-order chi connectivity index (χ1) is 17.3. The fraction of sp³-hybridized carbons (Fsp3) is 0.182. The summed E-state index contributed by atoms with van der Waals surface area (Å²) in [7, 11) is 0. The van der Waals surface area contributed by atoms with E-state index in [1.165, 1.54) is 6.07 Å². The Morgan fingerprint density at radius 3 is 1.18 bits per heavy atom. The van der Waals surface area contributed by atoms with Crippen molar-refractivity contribution < 1.29 is 63.6 Å². The molecule has 3 aromatic rings. The van der Waals surface area contributed by atoms with E-state index in [9.17, 15) is 54.1 Å². The Balaban J connectivity index is 1.95. The van der Waals surface area contributed by atoms with Gasteiger partial charge in [-0.25, -0.2) is 0 Å². The molecule has 16 heteroatoms. The lowest BCUT2D eigenvalue weighted by Gasteiger charge is -2.22. The van der Waals surface area contributed by atoms with Gasteiger partial charge < -0.3 is 31.2 Å². The third kappa shape index (κ3) is 5.24. The van der Waals surface area contributed by atoms with Gasteiger partial charge in [-0.15, -0.1) is 0 Å². The van der Waals surface area contributed by atoms with Crippen LogP contribution < -0.4 is 20.9 Å². The number of phenols is 2. The first-order valence-corrected chi connectivity index (χ1v) is 9.86. The minimum Gasteiger partial charge on any atom is -0.505 e. The van der Waals surface area contributed by atoms with Crippen LogP contribution in [-0.2, 0) is 11.8 Å². The summed E-state index contributed by atoms with van der Waals surface area (Å²) in [4.78, 5) is 0. The number of anilines is 2. The van der Waals surface area contributed by atoms with Gasteiger partial charge in [0, 0.05) is 18.2 Å². The molecule has 0 spiro atoms. The largest absolute Gasteiger partial charge is 0.505 e. The maximum atomic E-state index is 13.8. The molecule has 6 nitrogen and oxygen atoms in total. The van der Waals surface area contributed by atoms with Crippen molar-refractivity contribution in [1.29, 1.82) is 0 Å². The van der Waals surface area contributed by atoms with Crippen LogP contribution in [0.3, 0.4) is 0 Å². The predicted molar refractivity (Wildman–Crippen MR) is 112 cm³/mol. The van der Waals surface area contributed by atoms with Crippen LogP contribution in [0.1, 0.15) is 11.1 Å². The maximum Gasteiger partial charge on any atom is 0.458 e. The summed E-state index contributed by atoms with van der Waals surface area (Å²) in [5.74, 6) is -16.1. The van der Waals surface area contributed by atoms with E-state index in [-0.39, 0.29) is 23.6 Å². The lowest BCUT2D eigenvalue weighted by molar-refractivity contribution is -0.289. The molecular formula is C22H14F10N2O4. The van der Waals surface area contributed by atoms with Crippen LogP contribution in [0.5, 0.6) is 34.5 Å². The van der Waals surface area contributed by atoms with E-state index in [4.69, 9.17) is 20.9 Å². The Labute approximate surface area is 205 Å². The van der Waals surface area contributed by atoms with Crippen molar-refractivity contribution >= 4 is 11.4 Å². The number of aromatic hydroxyl groups is 2. The molecule has 0 aliphatic heterocycles. The molecule has 0 heterocycles. The van der Waals surface area contributed by atoms with Crippen molar-refractivity contribution in [3.63, 3.8) is 0 Å². The number of nitrogens with two attached hydrogens (primary N) is 2. The zero-order chi connectivity index (χ0) is 28.8. The Morgan fingerprint density at radius 1 is 0.526 bits per heavy atom. The summed E-state index contributed by atoms with van der Waals surface area (Å²) in [6.07, 6.45) is -12.2. The monoisotopic (exact) mass is 560 g/mol. The van der Waals surface area contributed by atoms with Gasteiger partial charge in [0.15, 0.2) is 0 Å². The topological polar surface area (TPSA) is 111 Å². The third-order valence-corrected chi connectivity index (χ3v) is 4.89. The summed E-state index contributed by atoms with van der Waals surface area (Å²) in [6, 6.07) is 6.23. The average Bonchev–Trinajstić information content (AvgIpc) is 2.77. The van der Waals surface area contributed by atoms with Crippen molar-refractivity contribution in [2.75, 3.05) is 11.5 Å². The normalized spacial score (nSPS) is 12.9. The molecule has 38 heavy (non-hydrogen) atoms. The number of hydrogen-bond acceptors (Lipinski definition) is 6. The molecular weight excluding hydrogens is 546 g/mol. The van der Waals surface area contributed by atoms with Crippen LogP contribution >= 0.6 is 0 Å². The van der Waals surface area contributed by atoms with Crippen LogP contribution in [0.15, 0.2) is 48.5 Å². The highest BCUT2D eigenvalue weighted by Gasteiger charge is 2.61. The van der Waals surface area contributed by atoms with E-state index >= 15 is 0 Å². The molecule has 0 aliphatic carbocycles. The highest BCUT2D eigenvalue weighted by molar-refractivity contribution is 5.63. The van der Waals surface area contributed by atoms with Gasteiger partial charge in [-0.05, 0) is 24.3 Å². The number of halogens is 10. The van der Waals surface area contributed by atoms with Crippen LogP contribution in [0.2, 0.25) is 0 Å². The first kappa shape index (κ1) is 28.3. The second kappa shape index (κ2) is 9.25. The summed E-state index contributed by atoms with van der Waals surface area (Å²) in [6.45, 7) is 0. The van der Waals surface area contributed by atoms with Crippen LogP contribution in [0, 0.1) is 0 Å². The maximum absolute atomic E-state index is 13.8. The van der Waals surface area contributed by atoms with Gasteiger partial charge in [0.1, 0.15) is 34.5 Å². The Kier molecular flexibility index (Phi) is 6.90. The van der Waals surface area contributed by atoms with Gasteiger partial charge in [-0.3, -0.25) is 0 Å². The zero-order valence-corrected chi connectivity index (χ0v) is 18.3. The van der Waals surface area contributed by atoms with Crippen molar-refractivity contribution in [2.24, 2.45) is 0 Å². The number of rotatable bonds is 6. The Hall–Kier alpha value is -4.24. The van der Waals surface area contributed by atoms with Crippen LogP contribution in [0.4, 0.5) is 55.3 Å². The minimum absolute atomic E-state index is 0.179. The number of nitrogen functional groups attached to an aromatic ring is 2. The van der Waals surface area contributed by atoms with Gasteiger partial charge in [-0.2, -0.15) is 43.9 Å². The van der Waals surface area contributed by atoms with Crippen molar-refractivity contribution in [3.05, 3.63) is 59.7 Å². The van der Waals surface area contributed by atoms with E-state index in [1.807, 2.05) is 0 Å². The molecule has 0 saturated heterocycles. The minimum atomic E-state index is -6.09. The molecule has 0 unspecified atom stereocenters. The van der Waals surface area contributed by atoms with E-state index < -0.39 is 69.7 Å². The molecule has 206 valence electrons.